The van der Waals surface area contributed by atoms with Crippen molar-refractivity contribution < 1.29 is 26.3 Å². The average molecular weight is 270 g/mol. The summed E-state index contributed by atoms with van der Waals surface area (Å²) < 4.78 is 78.0. The molecule has 102 valence electrons. The fraction of sp³-hybridized carbons (Fsp3) is 0.500. The maximum absolute atomic E-state index is 13.7. The van der Waals surface area contributed by atoms with E-state index in [1.807, 2.05) is 0 Å². The predicted molar refractivity (Wildman–Crippen MR) is 54.6 cm³/mol. The summed E-state index contributed by atoms with van der Waals surface area (Å²) in [5.74, 6) is -5.31. The molecule has 0 aliphatic heterocycles. The van der Waals surface area contributed by atoms with Gasteiger partial charge in [-0.3, -0.25) is 0 Å². The third-order valence-corrected chi connectivity index (χ3v) is 2.54. The largest absolute Gasteiger partial charge is 0.419 e. The van der Waals surface area contributed by atoms with E-state index >= 15 is 0 Å². The van der Waals surface area contributed by atoms with Crippen molar-refractivity contribution in [2.75, 3.05) is 0 Å². The molecule has 0 spiro atoms. The minimum absolute atomic E-state index is 0.159. The molecule has 0 radical (unpaired) electrons. The Kier molecular flexibility index (Phi) is 3.98. The highest BCUT2D eigenvalue weighted by Gasteiger charge is 2.40. The van der Waals surface area contributed by atoms with E-state index in [0.717, 1.165) is 6.92 Å². The smallest absolute Gasteiger partial charge is 0.206 e. The van der Waals surface area contributed by atoms with Crippen molar-refractivity contribution in [3.63, 3.8) is 0 Å². The van der Waals surface area contributed by atoms with Gasteiger partial charge in [-0.15, -0.1) is 0 Å². The van der Waals surface area contributed by atoms with Crippen molar-refractivity contribution in [1.82, 2.24) is 0 Å². The lowest BCUT2D eigenvalue weighted by atomic mass is 9.96. The van der Waals surface area contributed by atoms with Crippen LogP contribution in [0.2, 0.25) is 0 Å². The maximum atomic E-state index is 13.7. The molecule has 0 saturated heterocycles. The van der Waals surface area contributed by atoms with E-state index in [1.54, 1.807) is 13.8 Å². The molecule has 0 N–H and O–H groups in total. The standard InChI is InChI=1S/C12H12F6/c1-5(2)4-7-9(13)6(3)8(12(16,17)18)11(15)10(7)14/h5H,4H2,1-3H3. The molecule has 0 heterocycles. The second-order valence-corrected chi connectivity index (χ2v) is 4.52. The first-order valence-electron chi connectivity index (χ1n) is 5.30. The Bertz CT molecular complexity index is 430. The van der Waals surface area contributed by atoms with Gasteiger partial charge in [-0.05, 0) is 19.3 Å². The number of benzene rings is 1. The molecule has 0 nitrogen and oxygen atoms in total. The summed E-state index contributed by atoms with van der Waals surface area (Å²) in [6, 6.07) is 0. The molecule has 0 aromatic heterocycles. The van der Waals surface area contributed by atoms with Gasteiger partial charge in [-0.25, -0.2) is 13.2 Å². The second-order valence-electron chi connectivity index (χ2n) is 4.52. The van der Waals surface area contributed by atoms with Crippen LogP contribution in [0.15, 0.2) is 0 Å². The van der Waals surface area contributed by atoms with Crippen molar-refractivity contribution in [2.45, 2.75) is 33.4 Å². The Labute approximate surface area is 101 Å². The maximum Gasteiger partial charge on any atom is 0.419 e. The van der Waals surface area contributed by atoms with Crippen LogP contribution in [-0.4, -0.2) is 0 Å². The number of halogens is 6. The fourth-order valence-electron chi connectivity index (χ4n) is 1.76. The minimum atomic E-state index is -5.12. The Morgan fingerprint density at radius 1 is 0.944 bits per heavy atom. The van der Waals surface area contributed by atoms with Crippen LogP contribution in [0.5, 0.6) is 0 Å². The number of rotatable bonds is 2. The van der Waals surface area contributed by atoms with Gasteiger partial charge >= 0.3 is 6.18 Å². The van der Waals surface area contributed by atoms with E-state index in [2.05, 4.69) is 0 Å². The van der Waals surface area contributed by atoms with Gasteiger partial charge in [-0.1, -0.05) is 13.8 Å². The van der Waals surface area contributed by atoms with Crippen LogP contribution in [-0.2, 0) is 12.6 Å². The Hall–Kier alpha value is -1.20. The normalized spacial score (nSPS) is 12.3. The molecule has 0 bridgehead atoms. The van der Waals surface area contributed by atoms with Crippen LogP contribution < -0.4 is 0 Å². The van der Waals surface area contributed by atoms with Crippen molar-refractivity contribution in [3.8, 4) is 0 Å². The molecule has 0 saturated carbocycles. The van der Waals surface area contributed by atoms with E-state index in [9.17, 15) is 26.3 Å². The summed E-state index contributed by atoms with van der Waals surface area (Å²) in [7, 11) is 0. The summed E-state index contributed by atoms with van der Waals surface area (Å²) in [6.45, 7) is 4.05. The van der Waals surface area contributed by atoms with Crippen LogP contribution in [0.3, 0.4) is 0 Å². The first-order valence-corrected chi connectivity index (χ1v) is 5.30. The molecule has 0 amide bonds. The average Bonchev–Trinajstić information content (AvgIpc) is 2.19. The number of hydrogen-bond donors (Lipinski definition) is 0. The zero-order valence-electron chi connectivity index (χ0n) is 10.1. The first kappa shape index (κ1) is 14.9. The SMILES string of the molecule is Cc1c(F)c(CC(C)C)c(F)c(F)c1C(F)(F)F. The predicted octanol–water partition coefficient (Wildman–Crippen LogP) is 4.63. The van der Waals surface area contributed by atoms with E-state index in [0.29, 0.717) is 0 Å². The van der Waals surface area contributed by atoms with Crippen LogP contribution in [0.1, 0.15) is 30.5 Å². The minimum Gasteiger partial charge on any atom is -0.206 e. The quantitative estimate of drug-likeness (QED) is 0.543. The summed E-state index contributed by atoms with van der Waals surface area (Å²) in [6.07, 6.45) is -5.28. The van der Waals surface area contributed by atoms with Crippen molar-refractivity contribution in [3.05, 3.63) is 34.1 Å². The number of alkyl halides is 3. The lowest BCUT2D eigenvalue weighted by Crippen LogP contribution is -2.17. The summed E-state index contributed by atoms with van der Waals surface area (Å²) in [4.78, 5) is 0. The van der Waals surface area contributed by atoms with Crippen molar-refractivity contribution in [1.29, 1.82) is 0 Å². The third-order valence-electron chi connectivity index (χ3n) is 2.54. The number of hydrogen-bond acceptors (Lipinski definition) is 0. The molecule has 0 atom stereocenters. The molecule has 0 aliphatic rings. The van der Waals surface area contributed by atoms with Crippen LogP contribution in [0, 0.1) is 30.3 Å². The molecular weight excluding hydrogens is 258 g/mol. The molecule has 1 aromatic carbocycles. The third kappa shape index (κ3) is 2.62. The van der Waals surface area contributed by atoms with Gasteiger partial charge in [0.2, 0.25) is 0 Å². The molecule has 0 aliphatic carbocycles. The second kappa shape index (κ2) is 4.82. The topological polar surface area (TPSA) is 0 Å². The molecule has 1 rings (SSSR count). The van der Waals surface area contributed by atoms with Gasteiger partial charge in [0.1, 0.15) is 11.4 Å². The zero-order chi connectivity index (χ0) is 14.2. The van der Waals surface area contributed by atoms with E-state index in [-0.39, 0.29) is 12.3 Å². The van der Waals surface area contributed by atoms with Gasteiger partial charge < -0.3 is 0 Å². The van der Waals surface area contributed by atoms with Crippen molar-refractivity contribution in [2.24, 2.45) is 5.92 Å². The van der Waals surface area contributed by atoms with E-state index < -0.39 is 40.3 Å². The fourth-order valence-corrected chi connectivity index (χ4v) is 1.76. The lowest BCUT2D eigenvalue weighted by Gasteiger charge is -2.16. The Balaban J connectivity index is 3.56. The molecule has 18 heavy (non-hydrogen) atoms. The first-order chi connectivity index (χ1) is 8.07. The van der Waals surface area contributed by atoms with Crippen LogP contribution in [0.4, 0.5) is 26.3 Å². The van der Waals surface area contributed by atoms with Gasteiger partial charge in [0.05, 0.1) is 0 Å². The van der Waals surface area contributed by atoms with Gasteiger partial charge in [0.25, 0.3) is 0 Å². The highest BCUT2D eigenvalue weighted by molar-refractivity contribution is 5.37. The molecular formula is C12H12F6. The monoisotopic (exact) mass is 270 g/mol. The van der Waals surface area contributed by atoms with E-state index in [1.165, 1.54) is 0 Å². The van der Waals surface area contributed by atoms with Gasteiger partial charge in [0.15, 0.2) is 11.6 Å². The summed E-state index contributed by atoms with van der Waals surface area (Å²) >= 11 is 0. The van der Waals surface area contributed by atoms with Gasteiger partial charge in [0, 0.05) is 11.1 Å². The summed E-state index contributed by atoms with van der Waals surface area (Å²) in [5, 5.41) is 0. The molecule has 6 heteroatoms. The highest BCUT2D eigenvalue weighted by Crippen LogP contribution is 2.37. The Morgan fingerprint density at radius 3 is 1.83 bits per heavy atom. The molecule has 1 aromatic rings. The summed E-state index contributed by atoms with van der Waals surface area (Å²) in [5.41, 5.74) is -3.41. The Morgan fingerprint density at radius 2 is 1.44 bits per heavy atom. The van der Waals surface area contributed by atoms with Crippen molar-refractivity contribution >= 4 is 0 Å². The zero-order valence-corrected chi connectivity index (χ0v) is 10.1. The van der Waals surface area contributed by atoms with Crippen LogP contribution in [0.25, 0.3) is 0 Å². The molecule has 0 unspecified atom stereocenters. The van der Waals surface area contributed by atoms with Gasteiger partial charge in [-0.2, -0.15) is 13.2 Å². The lowest BCUT2D eigenvalue weighted by molar-refractivity contribution is -0.141. The van der Waals surface area contributed by atoms with Crippen LogP contribution >= 0.6 is 0 Å². The van der Waals surface area contributed by atoms with E-state index in [4.69, 9.17) is 0 Å². The highest BCUT2D eigenvalue weighted by atomic mass is 19.4. The molecule has 0 fully saturated rings.